The standard InChI is InChI=1S/C27H23N3O3S/c1-18-6-8-21(9-7-18)25(31)30-12-13-34-27(30)23-15-22(33-2)10-11-24(23)29(26(27)32)17-20-5-3-4-19(14-20)16-28/h3-11,14-15H,12-13,17H2,1-2H3/t27-/m0/s1. The van der Waals surface area contributed by atoms with Crippen molar-refractivity contribution in [2.75, 3.05) is 24.3 Å². The van der Waals surface area contributed by atoms with Crippen LogP contribution in [-0.2, 0) is 16.2 Å². The molecule has 170 valence electrons. The number of benzene rings is 3. The summed E-state index contributed by atoms with van der Waals surface area (Å²) in [6.45, 7) is 2.75. The van der Waals surface area contributed by atoms with Gasteiger partial charge in [-0.25, -0.2) is 0 Å². The van der Waals surface area contributed by atoms with Crippen LogP contribution >= 0.6 is 11.8 Å². The second-order valence-electron chi connectivity index (χ2n) is 8.40. The molecule has 1 atom stereocenters. The third kappa shape index (κ3) is 3.42. The fourth-order valence-corrected chi connectivity index (χ4v) is 6.10. The Morgan fingerprint density at radius 2 is 1.94 bits per heavy atom. The number of rotatable bonds is 4. The number of ether oxygens (including phenoxy) is 1. The Morgan fingerprint density at radius 1 is 1.15 bits per heavy atom. The van der Waals surface area contributed by atoms with Gasteiger partial charge in [0, 0.05) is 23.4 Å². The van der Waals surface area contributed by atoms with E-state index in [1.165, 1.54) is 11.8 Å². The van der Waals surface area contributed by atoms with Crippen molar-refractivity contribution in [2.24, 2.45) is 0 Å². The fraction of sp³-hybridized carbons (Fsp3) is 0.222. The summed E-state index contributed by atoms with van der Waals surface area (Å²) in [5, 5.41) is 9.29. The maximum absolute atomic E-state index is 14.2. The lowest BCUT2D eigenvalue weighted by Gasteiger charge is -2.33. The average molecular weight is 470 g/mol. The van der Waals surface area contributed by atoms with Gasteiger partial charge in [-0.1, -0.05) is 29.8 Å². The van der Waals surface area contributed by atoms with E-state index in [2.05, 4.69) is 6.07 Å². The molecule has 5 rings (SSSR count). The predicted molar refractivity (Wildman–Crippen MR) is 132 cm³/mol. The van der Waals surface area contributed by atoms with Crippen molar-refractivity contribution < 1.29 is 14.3 Å². The van der Waals surface area contributed by atoms with Gasteiger partial charge in [0.15, 0.2) is 4.87 Å². The van der Waals surface area contributed by atoms with Gasteiger partial charge in [0.1, 0.15) is 5.75 Å². The second kappa shape index (κ2) is 8.54. The van der Waals surface area contributed by atoms with Gasteiger partial charge in [-0.05, 0) is 55.0 Å². The number of hydrogen-bond donors (Lipinski definition) is 0. The molecule has 2 aliphatic rings. The summed E-state index contributed by atoms with van der Waals surface area (Å²) < 4.78 is 5.48. The number of carbonyl (C=O) groups excluding carboxylic acids is 2. The molecule has 1 fully saturated rings. The molecule has 0 bridgehead atoms. The first-order chi connectivity index (χ1) is 16.5. The van der Waals surface area contributed by atoms with Crippen molar-refractivity contribution in [2.45, 2.75) is 18.3 Å². The van der Waals surface area contributed by atoms with E-state index in [4.69, 9.17) is 4.74 Å². The van der Waals surface area contributed by atoms with Crippen molar-refractivity contribution >= 4 is 29.3 Å². The number of hydrogen-bond acceptors (Lipinski definition) is 5. The van der Waals surface area contributed by atoms with E-state index in [0.29, 0.717) is 35.7 Å². The summed E-state index contributed by atoms with van der Waals surface area (Å²) in [7, 11) is 1.59. The minimum Gasteiger partial charge on any atom is -0.497 e. The summed E-state index contributed by atoms with van der Waals surface area (Å²) in [6, 6.07) is 22.4. The first-order valence-corrected chi connectivity index (χ1v) is 12.0. The maximum Gasteiger partial charge on any atom is 0.268 e. The minimum absolute atomic E-state index is 0.152. The first-order valence-electron chi connectivity index (χ1n) is 11.0. The first kappa shape index (κ1) is 22.1. The van der Waals surface area contributed by atoms with Crippen LogP contribution in [0, 0.1) is 18.3 Å². The molecule has 0 radical (unpaired) electrons. The monoisotopic (exact) mass is 469 g/mol. The van der Waals surface area contributed by atoms with Crippen molar-refractivity contribution in [3.05, 3.63) is 94.5 Å². The highest BCUT2D eigenvalue weighted by Gasteiger charge is 2.59. The smallest absolute Gasteiger partial charge is 0.268 e. The van der Waals surface area contributed by atoms with Gasteiger partial charge in [0.05, 0.1) is 31.0 Å². The van der Waals surface area contributed by atoms with E-state index < -0.39 is 4.87 Å². The van der Waals surface area contributed by atoms with Gasteiger partial charge >= 0.3 is 0 Å². The highest BCUT2D eigenvalue weighted by atomic mass is 32.2. The van der Waals surface area contributed by atoms with E-state index >= 15 is 0 Å². The molecule has 0 unspecified atom stereocenters. The zero-order valence-electron chi connectivity index (χ0n) is 18.9. The lowest BCUT2D eigenvalue weighted by molar-refractivity contribution is -0.123. The van der Waals surface area contributed by atoms with E-state index in [1.807, 2.05) is 61.5 Å². The van der Waals surface area contributed by atoms with E-state index in [0.717, 1.165) is 22.4 Å². The molecule has 1 saturated heterocycles. The molecule has 3 aromatic carbocycles. The molecule has 1 spiro atoms. The third-order valence-corrected chi connectivity index (χ3v) is 7.76. The molecular weight excluding hydrogens is 446 g/mol. The summed E-state index contributed by atoms with van der Waals surface area (Å²) in [5.41, 5.74) is 4.54. The van der Waals surface area contributed by atoms with Gasteiger partial charge in [0.2, 0.25) is 0 Å². The number of carbonyl (C=O) groups is 2. The molecule has 0 aromatic heterocycles. The van der Waals surface area contributed by atoms with Gasteiger partial charge in [-0.3, -0.25) is 9.59 Å². The van der Waals surface area contributed by atoms with Crippen LogP contribution < -0.4 is 9.64 Å². The van der Waals surface area contributed by atoms with E-state index in [9.17, 15) is 14.9 Å². The molecule has 3 aromatic rings. The predicted octanol–water partition coefficient (Wildman–Crippen LogP) is 4.46. The van der Waals surface area contributed by atoms with Crippen LogP contribution in [0.15, 0.2) is 66.7 Å². The number of anilines is 1. The fourth-order valence-electron chi connectivity index (χ4n) is 4.65. The molecule has 2 heterocycles. The van der Waals surface area contributed by atoms with Gasteiger partial charge in [0.25, 0.3) is 11.8 Å². The van der Waals surface area contributed by atoms with Crippen molar-refractivity contribution in [1.82, 2.24) is 4.90 Å². The molecule has 2 aliphatic heterocycles. The van der Waals surface area contributed by atoms with Crippen LogP contribution in [0.3, 0.4) is 0 Å². The minimum atomic E-state index is -1.15. The van der Waals surface area contributed by atoms with Crippen LogP contribution in [0.4, 0.5) is 5.69 Å². The molecule has 7 heteroatoms. The van der Waals surface area contributed by atoms with Crippen LogP contribution in [0.25, 0.3) is 0 Å². The third-order valence-electron chi connectivity index (χ3n) is 6.34. The number of methoxy groups -OCH3 is 1. The quantitative estimate of drug-likeness (QED) is 0.564. The van der Waals surface area contributed by atoms with Crippen molar-refractivity contribution in [3.63, 3.8) is 0 Å². The summed E-state index contributed by atoms with van der Waals surface area (Å²) in [5.74, 6) is 0.966. The summed E-state index contributed by atoms with van der Waals surface area (Å²) >= 11 is 1.48. The van der Waals surface area contributed by atoms with Crippen LogP contribution in [-0.4, -0.2) is 36.1 Å². The Kier molecular flexibility index (Phi) is 5.54. The second-order valence-corrected chi connectivity index (χ2v) is 9.69. The van der Waals surface area contributed by atoms with Gasteiger partial charge in [-0.2, -0.15) is 5.26 Å². The van der Waals surface area contributed by atoms with Crippen LogP contribution in [0.5, 0.6) is 5.75 Å². The van der Waals surface area contributed by atoms with Crippen molar-refractivity contribution in [3.8, 4) is 11.8 Å². The Labute approximate surface area is 202 Å². The number of aryl methyl sites for hydroxylation is 1. The van der Waals surface area contributed by atoms with Gasteiger partial charge in [-0.15, -0.1) is 11.8 Å². The number of nitrogens with zero attached hydrogens (tertiary/aromatic N) is 3. The Bertz CT molecular complexity index is 1330. The maximum atomic E-state index is 14.2. The largest absolute Gasteiger partial charge is 0.497 e. The Balaban J connectivity index is 1.60. The molecule has 34 heavy (non-hydrogen) atoms. The number of amides is 2. The lowest BCUT2D eigenvalue weighted by Crippen LogP contribution is -2.50. The molecular formula is C27H23N3O3S. The Hall–Kier alpha value is -3.76. The topological polar surface area (TPSA) is 73.6 Å². The average Bonchev–Trinajstić information content (AvgIpc) is 3.41. The summed E-state index contributed by atoms with van der Waals surface area (Å²) in [6.07, 6.45) is 0. The summed E-state index contributed by atoms with van der Waals surface area (Å²) in [4.78, 5) is 30.1. The zero-order chi connectivity index (χ0) is 23.9. The Morgan fingerprint density at radius 3 is 2.68 bits per heavy atom. The number of nitriles is 1. The molecule has 6 nitrogen and oxygen atoms in total. The van der Waals surface area contributed by atoms with Crippen molar-refractivity contribution in [1.29, 1.82) is 5.26 Å². The molecule has 0 N–H and O–H groups in total. The normalized spacial score (nSPS) is 18.8. The molecule has 0 saturated carbocycles. The molecule has 2 amide bonds. The van der Waals surface area contributed by atoms with Crippen LogP contribution in [0.2, 0.25) is 0 Å². The highest BCUT2D eigenvalue weighted by Crippen LogP contribution is 2.55. The lowest BCUT2D eigenvalue weighted by atomic mass is 10.0. The van der Waals surface area contributed by atoms with E-state index in [-0.39, 0.29) is 11.8 Å². The number of fused-ring (bicyclic) bond motifs is 2. The highest BCUT2D eigenvalue weighted by molar-refractivity contribution is 8.01. The SMILES string of the molecule is COc1ccc2c(c1)[C@]1(SCCN1C(=O)c1ccc(C)cc1)C(=O)N2Cc1cccc(C#N)c1. The van der Waals surface area contributed by atoms with Crippen LogP contribution in [0.1, 0.15) is 32.6 Å². The zero-order valence-corrected chi connectivity index (χ0v) is 19.8. The molecule has 0 aliphatic carbocycles. The van der Waals surface area contributed by atoms with Gasteiger partial charge < -0.3 is 14.5 Å². The number of thioether (sulfide) groups is 1. The van der Waals surface area contributed by atoms with E-state index in [1.54, 1.807) is 29.0 Å².